The molecule has 1 aromatic rings. The quantitative estimate of drug-likeness (QED) is 0.915. The van der Waals surface area contributed by atoms with Crippen LogP contribution in [0.15, 0.2) is 24.3 Å². The van der Waals surface area contributed by atoms with Gasteiger partial charge in [0.15, 0.2) is 0 Å². The molecule has 0 aliphatic carbocycles. The molecule has 1 aliphatic rings. The first-order valence-corrected chi connectivity index (χ1v) is 7.08. The van der Waals surface area contributed by atoms with Crippen LogP contribution in [0, 0.1) is 0 Å². The Morgan fingerprint density at radius 1 is 1.39 bits per heavy atom. The summed E-state index contributed by atoms with van der Waals surface area (Å²) in [5.74, 6) is -1.03. The molecule has 0 radical (unpaired) electrons. The van der Waals surface area contributed by atoms with Crippen LogP contribution in [0.4, 0.5) is 13.2 Å². The summed E-state index contributed by atoms with van der Waals surface area (Å²) in [4.78, 5) is 25.6. The van der Waals surface area contributed by atoms with Gasteiger partial charge in [0.1, 0.15) is 6.04 Å². The number of rotatable bonds is 4. The highest BCUT2D eigenvalue weighted by molar-refractivity contribution is 5.90. The molecule has 0 bridgehead atoms. The highest BCUT2D eigenvalue weighted by atomic mass is 19.4. The molecule has 0 saturated carbocycles. The second kappa shape index (κ2) is 6.99. The van der Waals surface area contributed by atoms with E-state index >= 15 is 0 Å². The van der Waals surface area contributed by atoms with E-state index in [9.17, 15) is 22.8 Å². The lowest BCUT2D eigenvalue weighted by atomic mass is 9.96. The van der Waals surface area contributed by atoms with Crippen LogP contribution in [0.25, 0.3) is 0 Å². The highest BCUT2D eigenvalue weighted by Crippen LogP contribution is 2.37. The van der Waals surface area contributed by atoms with Crippen molar-refractivity contribution in [3.63, 3.8) is 0 Å². The van der Waals surface area contributed by atoms with Crippen molar-refractivity contribution in [3.8, 4) is 0 Å². The van der Waals surface area contributed by atoms with Crippen LogP contribution in [0.3, 0.4) is 0 Å². The van der Waals surface area contributed by atoms with Crippen LogP contribution in [0.2, 0.25) is 0 Å². The van der Waals surface area contributed by atoms with Crippen molar-refractivity contribution in [2.75, 3.05) is 26.8 Å². The number of hydrogen-bond acceptors (Lipinski definition) is 3. The second-order valence-corrected chi connectivity index (χ2v) is 5.11. The number of nitrogens with one attached hydrogen (secondary N) is 1. The zero-order valence-electron chi connectivity index (χ0n) is 12.5. The first kappa shape index (κ1) is 17.3. The Balaban J connectivity index is 2.40. The van der Waals surface area contributed by atoms with Crippen LogP contribution < -0.4 is 5.32 Å². The van der Waals surface area contributed by atoms with E-state index in [-0.39, 0.29) is 31.7 Å². The summed E-state index contributed by atoms with van der Waals surface area (Å²) >= 11 is 0. The van der Waals surface area contributed by atoms with E-state index in [1.165, 1.54) is 30.2 Å². The molecule has 5 nitrogen and oxygen atoms in total. The number of methoxy groups -OCH3 is 1. The number of carbonyl (C=O) groups is 2. The van der Waals surface area contributed by atoms with E-state index < -0.39 is 29.6 Å². The van der Waals surface area contributed by atoms with Gasteiger partial charge in [0.05, 0.1) is 18.6 Å². The van der Waals surface area contributed by atoms with Gasteiger partial charge in [0.2, 0.25) is 11.8 Å². The molecule has 126 valence electrons. The standard InChI is InChI=1S/C15H17F3N2O3/c1-23-9-6-12(21)20-8-7-19-14(22)13(20)10-4-2-3-5-11(10)15(16,17)18/h2-5,13H,6-9H2,1H3,(H,19,22)/t13-/m1/s1. The fraction of sp³-hybridized carbons (Fsp3) is 0.467. The molecule has 1 saturated heterocycles. The monoisotopic (exact) mass is 330 g/mol. The Morgan fingerprint density at radius 2 is 2.09 bits per heavy atom. The van der Waals surface area contributed by atoms with Crippen LogP contribution in [-0.2, 0) is 20.5 Å². The van der Waals surface area contributed by atoms with E-state index in [4.69, 9.17) is 4.74 Å². The van der Waals surface area contributed by atoms with E-state index in [2.05, 4.69) is 5.32 Å². The van der Waals surface area contributed by atoms with E-state index in [1.54, 1.807) is 0 Å². The maximum Gasteiger partial charge on any atom is 0.416 e. The molecule has 8 heteroatoms. The summed E-state index contributed by atoms with van der Waals surface area (Å²) in [6.45, 7) is 0.512. The van der Waals surface area contributed by atoms with Crippen LogP contribution >= 0.6 is 0 Å². The normalized spacial score (nSPS) is 18.7. The van der Waals surface area contributed by atoms with Gasteiger partial charge in [-0.1, -0.05) is 18.2 Å². The first-order chi connectivity index (χ1) is 10.9. The zero-order valence-corrected chi connectivity index (χ0v) is 12.5. The van der Waals surface area contributed by atoms with E-state index in [0.717, 1.165) is 6.07 Å². The van der Waals surface area contributed by atoms with Crippen LogP contribution in [0.1, 0.15) is 23.6 Å². The maximum atomic E-state index is 13.2. The van der Waals surface area contributed by atoms with Gasteiger partial charge >= 0.3 is 6.18 Å². The van der Waals surface area contributed by atoms with E-state index in [1.807, 2.05) is 0 Å². The predicted molar refractivity (Wildman–Crippen MR) is 75.4 cm³/mol. The third-order valence-corrected chi connectivity index (χ3v) is 3.61. The van der Waals surface area contributed by atoms with Crippen molar-refractivity contribution in [3.05, 3.63) is 35.4 Å². The third kappa shape index (κ3) is 3.82. The van der Waals surface area contributed by atoms with Gasteiger partial charge in [0.25, 0.3) is 0 Å². The van der Waals surface area contributed by atoms with Gasteiger partial charge in [-0.25, -0.2) is 0 Å². The molecular formula is C15H17F3N2O3. The molecule has 0 spiro atoms. The smallest absolute Gasteiger partial charge is 0.384 e. The lowest BCUT2D eigenvalue weighted by molar-refractivity contribution is -0.147. The summed E-state index contributed by atoms with van der Waals surface area (Å²) in [6, 6.07) is 3.53. The number of benzene rings is 1. The van der Waals surface area contributed by atoms with Crippen molar-refractivity contribution in [1.29, 1.82) is 0 Å². The van der Waals surface area contributed by atoms with Gasteiger partial charge < -0.3 is 15.0 Å². The summed E-state index contributed by atoms with van der Waals surface area (Å²) in [6.07, 6.45) is -4.59. The predicted octanol–water partition coefficient (Wildman–Crippen LogP) is 1.74. The van der Waals surface area contributed by atoms with Gasteiger partial charge in [-0.2, -0.15) is 13.2 Å². The van der Waals surface area contributed by atoms with Gasteiger partial charge in [-0.3, -0.25) is 9.59 Å². The Labute approximate surface area is 131 Å². The largest absolute Gasteiger partial charge is 0.416 e. The second-order valence-electron chi connectivity index (χ2n) is 5.11. The van der Waals surface area contributed by atoms with Crippen molar-refractivity contribution in [2.45, 2.75) is 18.6 Å². The average Bonchev–Trinajstić information content (AvgIpc) is 2.51. The maximum absolute atomic E-state index is 13.2. The summed E-state index contributed by atoms with van der Waals surface area (Å²) < 4.78 is 44.4. The Hall–Kier alpha value is -2.09. The molecule has 1 atom stereocenters. The SMILES string of the molecule is COCCC(=O)N1CCNC(=O)[C@H]1c1ccccc1C(F)(F)F. The number of hydrogen-bond donors (Lipinski definition) is 1. The van der Waals surface area contributed by atoms with Crippen molar-refractivity contribution in [2.24, 2.45) is 0 Å². The minimum Gasteiger partial charge on any atom is -0.384 e. The van der Waals surface area contributed by atoms with Crippen LogP contribution in [-0.4, -0.2) is 43.5 Å². The molecule has 1 N–H and O–H groups in total. The Kier molecular flexibility index (Phi) is 5.25. The number of alkyl halides is 3. The van der Waals surface area contributed by atoms with Gasteiger partial charge in [0, 0.05) is 20.2 Å². The van der Waals surface area contributed by atoms with Gasteiger partial charge in [-0.15, -0.1) is 0 Å². The molecule has 2 amide bonds. The van der Waals surface area contributed by atoms with Crippen molar-refractivity contribution < 1.29 is 27.5 Å². The lowest BCUT2D eigenvalue weighted by Gasteiger charge is -2.36. The number of ether oxygens (including phenoxy) is 1. The first-order valence-electron chi connectivity index (χ1n) is 7.08. The number of piperazine rings is 1. The molecule has 0 unspecified atom stereocenters. The average molecular weight is 330 g/mol. The van der Waals surface area contributed by atoms with Crippen LogP contribution in [0.5, 0.6) is 0 Å². The fourth-order valence-corrected chi connectivity index (χ4v) is 2.57. The molecule has 0 aromatic heterocycles. The highest BCUT2D eigenvalue weighted by Gasteiger charge is 2.41. The molecule has 1 fully saturated rings. The topological polar surface area (TPSA) is 58.6 Å². The van der Waals surface area contributed by atoms with Crippen molar-refractivity contribution in [1.82, 2.24) is 10.2 Å². The van der Waals surface area contributed by atoms with Crippen molar-refractivity contribution >= 4 is 11.8 Å². The molecule has 2 rings (SSSR count). The minimum absolute atomic E-state index is 0.00840. The summed E-state index contributed by atoms with van der Waals surface area (Å²) in [5.41, 5.74) is -1.13. The molecular weight excluding hydrogens is 313 g/mol. The van der Waals surface area contributed by atoms with E-state index in [0.29, 0.717) is 0 Å². The molecule has 1 aromatic carbocycles. The number of nitrogens with zero attached hydrogens (tertiary/aromatic N) is 1. The fourth-order valence-electron chi connectivity index (χ4n) is 2.57. The number of carbonyl (C=O) groups excluding carboxylic acids is 2. The Morgan fingerprint density at radius 3 is 2.74 bits per heavy atom. The summed E-state index contributed by atoms with van der Waals surface area (Å²) in [7, 11) is 1.42. The number of amides is 2. The zero-order chi connectivity index (χ0) is 17.0. The van der Waals surface area contributed by atoms with Gasteiger partial charge in [-0.05, 0) is 11.6 Å². The number of halogens is 3. The summed E-state index contributed by atoms with van der Waals surface area (Å²) in [5, 5.41) is 2.52. The molecule has 1 aliphatic heterocycles. The lowest BCUT2D eigenvalue weighted by Crippen LogP contribution is -2.52. The Bertz CT molecular complexity index is 590. The molecule has 23 heavy (non-hydrogen) atoms. The minimum atomic E-state index is -4.60. The third-order valence-electron chi connectivity index (χ3n) is 3.61. The molecule has 1 heterocycles.